The van der Waals surface area contributed by atoms with Gasteiger partial charge in [-0.15, -0.1) is 6.58 Å². The Kier molecular flexibility index (Phi) is 5.09. The molecule has 0 aliphatic heterocycles. The quantitative estimate of drug-likeness (QED) is 0.463. The Morgan fingerprint density at radius 1 is 1.50 bits per heavy atom. The van der Waals surface area contributed by atoms with Crippen LogP contribution in [0.25, 0.3) is 0 Å². The van der Waals surface area contributed by atoms with Crippen molar-refractivity contribution in [2.75, 3.05) is 13.1 Å². The number of nitrogens with zero attached hydrogens (tertiary/aromatic N) is 1. The molecule has 0 unspecified atom stereocenters. The van der Waals surface area contributed by atoms with Gasteiger partial charge in [0.25, 0.3) is 0 Å². The fourth-order valence-electron chi connectivity index (χ4n) is 0.869. The van der Waals surface area contributed by atoms with Gasteiger partial charge in [-0.25, -0.2) is 0 Å². The molecule has 12 heavy (non-hydrogen) atoms. The first-order valence-corrected chi connectivity index (χ1v) is 4.16. The molecule has 0 aromatic carbocycles. The van der Waals surface area contributed by atoms with Gasteiger partial charge < -0.3 is 4.90 Å². The summed E-state index contributed by atoms with van der Waals surface area (Å²) in [7, 11) is 0. The van der Waals surface area contributed by atoms with Crippen molar-refractivity contribution in [3.05, 3.63) is 24.3 Å². The normalized spacial score (nSPS) is 8.92. The minimum atomic E-state index is 0.0670. The van der Waals surface area contributed by atoms with Crippen LogP contribution in [0.3, 0.4) is 0 Å². The van der Waals surface area contributed by atoms with E-state index in [4.69, 9.17) is 0 Å². The molecule has 0 aliphatic rings. The van der Waals surface area contributed by atoms with E-state index in [-0.39, 0.29) is 5.91 Å². The third kappa shape index (κ3) is 3.96. The number of rotatable bonds is 4. The SMILES string of the molecule is C=CCN(CC)C(=O)C=C(C)C. The standard InChI is InChI=1S/C10H17NO/c1-5-7-11(6-2)10(12)8-9(3)4/h5,8H,1,6-7H2,2-4H3. The molecule has 0 aromatic heterocycles. The number of carbonyl (C=O) groups is 1. The molecule has 68 valence electrons. The van der Waals surface area contributed by atoms with Gasteiger partial charge in [-0.1, -0.05) is 11.6 Å². The van der Waals surface area contributed by atoms with E-state index < -0.39 is 0 Å². The van der Waals surface area contributed by atoms with Gasteiger partial charge in [0.2, 0.25) is 5.91 Å². The van der Waals surface area contributed by atoms with Crippen molar-refractivity contribution in [2.45, 2.75) is 20.8 Å². The summed E-state index contributed by atoms with van der Waals surface area (Å²) < 4.78 is 0. The molecule has 0 rings (SSSR count). The number of carbonyl (C=O) groups excluding carboxylic acids is 1. The lowest BCUT2D eigenvalue weighted by Crippen LogP contribution is -2.29. The van der Waals surface area contributed by atoms with E-state index in [0.29, 0.717) is 6.54 Å². The molecular formula is C10H17NO. The lowest BCUT2D eigenvalue weighted by molar-refractivity contribution is -0.125. The van der Waals surface area contributed by atoms with Crippen LogP contribution >= 0.6 is 0 Å². The monoisotopic (exact) mass is 167 g/mol. The highest BCUT2D eigenvalue weighted by atomic mass is 16.2. The van der Waals surface area contributed by atoms with E-state index in [1.807, 2.05) is 20.8 Å². The van der Waals surface area contributed by atoms with Gasteiger partial charge in [-0.3, -0.25) is 4.79 Å². The third-order valence-corrected chi connectivity index (χ3v) is 1.46. The van der Waals surface area contributed by atoms with Crippen LogP contribution in [-0.2, 0) is 4.79 Å². The topological polar surface area (TPSA) is 20.3 Å². The second-order valence-corrected chi connectivity index (χ2v) is 2.89. The zero-order chi connectivity index (χ0) is 9.56. The van der Waals surface area contributed by atoms with Crippen molar-refractivity contribution in [3.63, 3.8) is 0 Å². The Bertz CT molecular complexity index is 190. The predicted molar refractivity (Wildman–Crippen MR) is 51.9 cm³/mol. The molecule has 2 nitrogen and oxygen atoms in total. The second-order valence-electron chi connectivity index (χ2n) is 2.89. The maximum absolute atomic E-state index is 11.4. The summed E-state index contributed by atoms with van der Waals surface area (Å²) in [4.78, 5) is 13.1. The molecule has 0 aromatic rings. The van der Waals surface area contributed by atoms with Crippen LogP contribution in [0.2, 0.25) is 0 Å². The van der Waals surface area contributed by atoms with Crippen molar-refractivity contribution in [2.24, 2.45) is 0 Å². The van der Waals surface area contributed by atoms with Crippen molar-refractivity contribution >= 4 is 5.91 Å². The first-order valence-electron chi connectivity index (χ1n) is 4.16. The molecule has 0 spiro atoms. The van der Waals surface area contributed by atoms with E-state index in [9.17, 15) is 4.79 Å². The number of hydrogen-bond acceptors (Lipinski definition) is 1. The summed E-state index contributed by atoms with van der Waals surface area (Å²) in [5, 5.41) is 0. The van der Waals surface area contributed by atoms with Gasteiger partial charge in [-0.05, 0) is 20.8 Å². The largest absolute Gasteiger partial charge is 0.336 e. The smallest absolute Gasteiger partial charge is 0.246 e. The van der Waals surface area contributed by atoms with E-state index >= 15 is 0 Å². The van der Waals surface area contributed by atoms with Crippen LogP contribution < -0.4 is 0 Å². The molecule has 2 heteroatoms. The Hall–Kier alpha value is -1.05. The number of allylic oxidation sites excluding steroid dienone is 1. The molecule has 0 saturated heterocycles. The van der Waals surface area contributed by atoms with Crippen LogP contribution in [0.15, 0.2) is 24.3 Å². The molecule has 0 radical (unpaired) electrons. The second kappa shape index (κ2) is 5.58. The van der Waals surface area contributed by atoms with Crippen LogP contribution in [0.1, 0.15) is 20.8 Å². The highest BCUT2D eigenvalue weighted by Gasteiger charge is 2.05. The van der Waals surface area contributed by atoms with Gasteiger partial charge in [0.1, 0.15) is 0 Å². The van der Waals surface area contributed by atoms with Crippen molar-refractivity contribution in [1.29, 1.82) is 0 Å². The van der Waals surface area contributed by atoms with Gasteiger partial charge in [-0.2, -0.15) is 0 Å². The van der Waals surface area contributed by atoms with Gasteiger partial charge in [0, 0.05) is 19.2 Å². The molecule has 0 aliphatic carbocycles. The van der Waals surface area contributed by atoms with Crippen LogP contribution in [0.4, 0.5) is 0 Å². The van der Waals surface area contributed by atoms with Gasteiger partial charge >= 0.3 is 0 Å². The Morgan fingerprint density at radius 2 is 2.08 bits per heavy atom. The molecule has 0 bridgehead atoms. The minimum Gasteiger partial charge on any atom is -0.336 e. The molecule has 0 atom stereocenters. The minimum absolute atomic E-state index is 0.0670. The summed E-state index contributed by atoms with van der Waals surface area (Å²) >= 11 is 0. The first kappa shape index (κ1) is 11.0. The summed E-state index contributed by atoms with van der Waals surface area (Å²) in [5.41, 5.74) is 1.03. The van der Waals surface area contributed by atoms with Crippen molar-refractivity contribution in [1.82, 2.24) is 4.90 Å². The van der Waals surface area contributed by atoms with Gasteiger partial charge in [0.15, 0.2) is 0 Å². The van der Waals surface area contributed by atoms with E-state index in [0.717, 1.165) is 12.1 Å². The fourth-order valence-corrected chi connectivity index (χ4v) is 0.869. The first-order chi connectivity index (χ1) is 5.61. The highest BCUT2D eigenvalue weighted by Crippen LogP contribution is 1.95. The average molecular weight is 167 g/mol. The lowest BCUT2D eigenvalue weighted by Gasteiger charge is -2.16. The van der Waals surface area contributed by atoms with E-state index in [1.54, 1.807) is 17.1 Å². The van der Waals surface area contributed by atoms with E-state index in [2.05, 4.69) is 6.58 Å². The summed E-state index contributed by atoms with van der Waals surface area (Å²) in [5.74, 6) is 0.0670. The molecule has 0 heterocycles. The van der Waals surface area contributed by atoms with Gasteiger partial charge in [0.05, 0.1) is 0 Å². The Morgan fingerprint density at radius 3 is 2.42 bits per heavy atom. The molecule has 0 saturated carbocycles. The molecular weight excluding hydrogens is 150 g/mol. The summed E-state index contributed by atoms with van der Waals surface area (Å²) in [6.45, 7) is 10.7. The Balaban J connectivity index is 4.21. The maximum Gasteiger partial charge on any atom is 0.246 e. The van der Waals surface area contributed by atoms with Crippen molar-refractivity contribution in [3.8, 4) is 0 Å². The number of amides is 1. The zero-order valence-electron chi connectivity index (χ0n) is 8.13. The van der Waals surface area contributed by atoms with Crippen LogP contribution in [0.5, 0.6) is 0 Å². The predicted octanol–water partition coefficient (Wildman–Crippen LogP) is 1.99. The molecule has 1 amide bonds. The average Bonchev–Trinajstić information content (AvgIpc) is 1.98. The fraction of sp³-hybridized carbons (Fsp3) is 0.500. The number of hydrogen-bond donors (Lipinski definition) is 0. The third-order valence-electron chi connectivity index (χ3n) is 1.46. The highest BCUT2D eigenvalue weighted by molar-refractivity contribution is 5.88. The lowest BCUT2D eigenvalue weighted by atomic mass is 10.3. The zero-order valence-corrected chi connectivity index (χ0v) is 8.13. The van der Waals surface area contributed by atoms with Crippen LogP contribution in [0, 0.1) is 0 Å². The summed E-state index contributed by atoms with van der Waals surface area (Å²) in [6.07, 6.45) is 3.38. The molecule has 0 fully saturated rings. The van der Waals surface area contributed by atoms with E-state index in [1.165, 1.54) is 0 Å². The Labute approximate surface area is 74.6 Å². The summed E-state index contributed by atoms with van der Waals surface area (Å²) in [6, 6.07) is 0. The van der Waals surface area contributed by atoms with Crippen LogP contribution in [-0.4, -0.2) is 23.9 Å². The number of likely N-dealkylation sites (N-methyl/N-ethyl adjacent to an activating group) is 1. The maximum atomic E-state index is 11.4. The van der Waals surface area contributed by atoms with Crippen molar-refractivity contribution < 1.29 is 4.79 Å². The molecule has 0 N–H and O–H groups in total.